The average molecular weight is 291 g/mol. The predicted molar refractivity (Wildman–Crippen MR) is 57.3 cm³/mol. The van der Waals surface area contributed by atoms with Gasteiger partial charge in [-0.1, -0.05) is 0 Å². The normalized spacial score (nSPS) is 10.5. The van der Waals surface area contributed by atoms with Gasteiger partial charge in [0.1, 0.15) is 12.0 Å². The quantitative estimate of drug-likeness (QED) is 0.753. The Morgan fingerprint density at radius 2 is 2.33 bits per heavy atom. The maximum Gasteiger partial charge on any atom is 0.257 e. The summed E-state index contributed by atoms with van der Waals surface area (Å²) in [5.74, 6) is 0. The Bertz CT molecular complexity index is 355. The molecule has 0 atom stereocenters. The SMILES string of the molecule is Cc1ccc(-c2coc(I)n2)s1. The molecule has 0 saturated heterocycles. The zero-order valence-electron chi connectivity index (χ0n) is 6.37. The van der Waals surface area contributed by atoms with Crippen LogP contribution in [0.5, 0.6) is 0 Å². The number of aryl methyl sites for hydroxylation is 1. The second-order valence-corrected chi connectivity index (χ2v) is 4.61. The number of oxazole rings is 1. The third-order valence-corrected chi connectivity index (χ3v) is 2.99. The predicted octanol–water partition coefficient (Wildman–Crippen LogP) is 3.32. The van der Waals surface area contributed by atoms with Gasteiger partial charge in [0.15, 0.2) is 0 Å². The minimum absolute atomic E-state index is 0.689. The van der Waals surface area contributed by atoms with E-state index < -0.39 is 0 Å². The lowest BCUT2D eigenvalue weighted by molar-refractivity contribution is 0.525. The van der Waals surface area contributed by atoms with E-state index in [-0.39, 0.29) is 0 Å². The molecule has 0 N–H and O–H groups in total. The highest BCUT2D eigenvalue weighted by Gasteiger charge is 2.05. The van der Waals surface area contributed by atoms with Crippen LogP contribution in [0.15, 0.2) is 22.8 Å². The molecule has 0 bridgehead atoms. The van der Waals surface area contributed by atoms with Crippen LogP contribution < -0.4 is 0 Å². The molecule has 62 valence electrons. The Morgan fingerprint density at radius 1 is 1.50 bits per heavy atom. The first kappa shape index (κ1) is 8.25. The van der Waals surface area contributed by atoms with Gasteiger partial charge in [0.25, 0.3) is 3.90 Å². The van der Waals surface area contributed by atoms with Crippen molar-refractivity contribution in [3.05, 3.63) is 27.2 Å². The van der Waals surface area contributed by atoms with Crippen LogP contribution >= 0.6 is 33.9 Å². The molecule has 4 heteroatoms. The maximum absolute atomic E-state index is 5.11. The lowest BCUT2D eigenvalue weighted by atomic mass is 10.4. The van der Waals surface area contributed by atoms with Crippen molar-refractivity contribution in [3.63, 3.8) is 0 Å². The van der Waals surface area contributed by atoms with E-state index >= 15 is 0 Å². The third-order valence-electron chi connectivity index (χ3n) is 1.47. The third kappa shape index (κ3) is 1.54. The van der Waals surface area contributed by atoms with E-state index in [1.165, 1.54) is 9.75 Å². The molecule has 0 fully saturated rings. The molecular formula is C8H6INOS. The molecule has 2 aromatic heterocycles. The van der Waals surface area contributed by atoms with Gasteiger partial charge < -0.3 is 4.42 Å². The lowest BCUT2D eigenvalue weighted by Crippen LogP contribution is -1.70. The van der Waals surface area contributed by atoms with E-state index in [1.54, 1.807) is 17.6 Å². The van der Waals surface area contributed by atoms with Gasteiger partial charge in [0.05, 0.1) is 4.88 Å². The second kappa shape index (κ2) is 3.18. The molecule has 0 saturated carbocycles. The molecule has 0 amide bonds. The maximum atomic E-state index is 5.11. The topological polar surface area (TPSA) is 26.0 Å². The van der Waals surface area contributed by atoms with Crippen molar-refractivity contribution < 1.29 is 4.42 Å². The Kier molecular flexibility index (Phi) is 2.18. The molecule has 2 rings (SSSR count). The minimum Gasteiger partial charge on any atom is -0.440 e. The first-order chi connectivity index (χ1) is 5.75. The van der Waals surface area contributed by atoms with Crippen molar-refractivity contribution in [1.29, 1.82) is 0 Å². The Hall–Kier alpha value is -0.360. The first-order valence-electron chi connectivity index (χ1n) is 3.43. The molecule has 0 aliphatic carbocycles. The van der Waals surface area contributed by atoms with Crippen molar-refractivity contribution in [3.8, 4) is 10.6 Å². The van der Waals surface area contributed by atoms with E-state index in [1.807, 2.05) is 0 Å². The van der Waals surface area contributed by atoms with Gasteiger partial charge in [-0.25, -0.2) is 4.98 Å². The molecule has 2 heterocycles. The molecule has 0 spiro atoms. The molecule has 0 aromatic carbocycles. The van der Waals surface area contributed by atoms with Crippen LogP contribution in [0.3, 0.4) is 0 Å². The highest BCUT2D eigenvalue weighted by Crippen LogP contribution is 2.26. The van der Waals surface area contributed by atoms with Gasteiger partial charge in [-0.2, -0.15) is 0 Å². The van der Waals surface area contributed by atoms with E-state index in [0.29, 0.717) is 3.90 Å². The van der Waals surface area contributed by atoms with Crippen LogP contribution in [0.4, 0.5) is 0 Å². The Labute approximate surface area is 87.8 Å². The summed E-state index contributed by atoms with van der Waals surface area (Å²) in [5, 5.41) is 0. The van der Waals surface area contributed by atoms with Gasteiger partial charge in [0.2, 0.25) is 0 Å². The molecule has 2 aromatic rings. The number of aromatic nitrogens is 1. The zero-order chi connectivity index (χ0) is 8.55. The van der Waals surface area contributed by atoms with Crippen LogP contribution in [-0.4, -0.2) is 4.98 Å². The largest absolute Gasteiger partial charge is 0.440 e. The number of hydrogen-bond acceptors (Lipinski definition) is 3. The average Bonchev–Trinajstić information content (AvgIpc) is 2.58. The van der Waals surface area contributed by atoms with Gasteiger partial charge >= 0.3 is 0 Å². The number of nitrogens with zero attached hydrogens (tertiary/aromatic N) is 1. The number of thiophene rings is 1. The van der Waals surface area contributed by atoms with Crippen molar-refractivity contribution in [2.45, 2.75) is 6.92 Å². The smallest absolute Gasteiger partial charge is 0.257 e. The fourth-order valence-corrected chi connectivity index (χ4v) is 2.14. The summed E-state index contributed by atoms with van der Waals surface area (Å²) >= 11 is 3.79. The summed E-state index contributed by atoms with van der Waals surface area (Å²) in [5.41, 5.74) is 0.928. The molecule has 0 radical (unpaired) electrons. The molecule has 0 aliphatic rings. The van der Waals surface area contributed by atoms with E-state index in [9.17, 15) is 0 Å². The Morgan fingerprint density at radius 3 is 2.83 bits per heavy atom. The van der Waals surface area contributed by atoms with Crippen LogP contribution in [-0.2, 0) is 0 Å². The highest BCUT2D eigenvalue weighted by atomic mass is 127. The van der Waals surface area contributed by atoms with E-state index in [0.717, 1.165) is 5.69 Å². The Balaban J connectivity index is 2.43. The van der Waals surface area contributed by atoms with Crippen molar-refractivity contribution in [2.24, 2.45) is 0 Å². The summed E-state index contributed by atoms with van der Waals surface area (Å²) in [4.78, 5) is 6.69. The molecule has 2 nitrogen and oxygen atoms in total. The van der Waals surface area contributed by atoms with E-state index in [4.69, 9.17) is 4.42 Å². The summed E-state index contributed by atoms with van der Waals surface area (Å²) in [7, 11) is 0. The fraction of sp³-hybridized carbons (Fsp3) is 0.125. The fourth-order valence-electron chi connectivity index (χ4n) is 0.937. The first-order valence-corrected chi connectivity index (χ1v) is 5.33. The van der Waals surface area contributed by atoms with Gasteiger partial charge in [-0.15, -0.1) is 11.3 Å². The second-order valence-electron chi connectivity index (χ2n) is 2.40. The lowest BCUT2D eigenvalue weighted by Gasteiger charge is -1.83. The monoisotopic (exact) mass is 291 g/mol. The van der Waals surface area contributed by atoms with Gasteiger partial charge in [-0.3, -0.25) is 0 Å². The molecule has 0 aliphatic heterocycles. The van der Waals surface area contributed by atoms with Gasteiger partial charge in [-0.05, 0) is 19.1 Å². The zero-order valence-corrected chi connectivity index (χ0v) is 9.35. The van der Waals surface area contributed by atoms with Crippen LogP contribution in [0.2, 0.25) is 0 Å². The highest BCUT2D eigenvalue weighted by molar-refractivity contribution is 14.1. The van der Waals surface area contributed by atoms with Gasteiger partial charge in [0, 0.05) is 27.5 Å². The van der Waals surface area contributed by atoms with Crippen molar-refractivity contribution in [1.82, 2.24) is 4.98 Å². The van der Waals surface area contributed by atoms with Crippen LogP contribution in [0.1, 0.15) is 4.88 Å². The van der Waals surface area contributed by atoms with Crippen molar-refractivity contribution in [2.75, 3.05) is 0 Å². The summed E-state index contributed by atoms with van der Waals surface area (Å²) in [6, 6.07) is 4.15. The summed E-state index contributed by atoms with van der Waals surface area (Å²) in [6.45, 7) is 2.08. The minimum atomic E-state index is 0.689. The molecular weight excluding hydrogens is 285 g/mol. The van der Waals surface area contributed by atoms with Crippen molar-refractivity contribution >= 4 is 33.9 Å². The molecule has 0 unspecified atom stereocenters. The van der Waals surface area contributed by atoms with E-state index in [2.05, 4.69) is 46.6 Å². The summed E-state index contributed by atoms with van der Waals surface area (Å²) in [6.07, 6.45) is 1.69. The number of rotatable bonds is 1. The van der Waals surface area contributed by atoms with Crippen LogP contribution in [0, 0.1) is 10.8 Å². The summed E-state index contributed by atoms with van der Waals surface area (Å²) < 4.78 is 5.80. The molecule has 12 heavy (non-hydrogen) atoms. The number of hydrogen-bond donors (Lipinski definition) is 0. The van der Waals surface area contributed by atoms with Crippen LogP contribution in [0.25, 0.3) is 10.6 Å². The standard InChI is InChI=1S/C8H6INOS/c1-5-2-3-7(12-5)6-4-11-8(9)10-6/h2-4H,1H3. The number of halogens is 1.